The van der Waals surface area contributed by atoms with Gasteiger partial charge in [0.25, 0.3) is 0 Å². The zero-order valence-corrected chi connectivity index (χ0v) is 16.7. The second-order valence-corrected chi connectivity index (χ2v) is 6.80. The van der Waals surface area contributed by atoms with Crippen LogP contribution in [0.2, 0.25) is 0 Å². The first-order chi connectivity index (χ1) is 14.2. The lowest BCUT2D eigenvalue weighted by Gasteiger charge is -2.11. The summed E-state index contributed by atoms with van der Waals surface area (Å²) >= 11 is 0. The summed E-state index contributed by atoms with van der Waals surface area (Å²) in [5, 5.41) is 8.03. The lowest BCUT2D eigenvalue weighted by atomic mass is 10.2. The Balaban J connectivity index is 1.71. The summed E-state index contributed by atoms with van der Waals surface area (Å²) in [6, 6.07) is 3.52. The molecule has 0 radical (unpaired) electrons. The fourth-order valence-corrected chi connectivity index (χ4v) is 2.96. The van der Waals surface area contributed by atoms with Crippen LogP contribution in [-0.4, -0.2) is 45.0 Å². The molecule has 0 aromatic carbocycles. The number of hydrogen-bond acceptors (Lipinski definition) is 5. The fraction of sp³-hybridized carbons (Fsp3) is 0.400. The highest BCUT2D eigenvalue weighted by Gasteiger charge is 2.27. The Kier molecular flexibility index (Phi) is 6.53. The molecule has 0 spiro atoms. The Labute approximate surface area is 171 Å². The van der Waals surface area contributed by atoms with Crippen molar-refractivity contribution in [3.63, 3.8) is 0 Å². The molecule has 1 N–H and O–H groups in total. The van der Waals surface area contributed by atoms with E-state index in [2.05, 4.69) is 20.4 Å². The normalized spacial score (nSPS) is 11.6. The van der Waals surface area contributed by atoms with Gasteiger partial charge < -0.3 is 10.1 Å². The van der Waals surface area contributed by atoms with Crippen LogP contribution in [0, 0.1) is 6.92 Å². The summed E-state index contributed by atoms with van der Waals surface area (Å²) < 4.78 is 43.7. The number of nitrogens with zero attached hydrogens (tertiary/aromatic N) is 4. The van der Waals surface area contributed by atoms with E-state index in [9.17, 15) is 18.0 Å². The molecule has 0 atom stereocenters. The lowest BCUT2D eigenvalue weighted by molar-refractivity contribution is -0.139. The van der Waals surface area contributed by atoms with E-state index in [4.69, 9.17) is 4.74 Å². The SMILES string of the molecule is CCNC(=O)Cc1nccc2nn(Cc3cc(C)c(OCCC(F)(F)F)cn3)cc12. The third kappa shape index (κ3) is 5.68. The number of aromatic nitrogens is 4. The number of likely N-dealkylation sites (N-methyl/N-ethyl adjacent to an activating group) is 1. The van der Waals surface area contributed by atoms with Gasteiger partial charge in [0, 0.05) is 24.3 Å². The molecule has 160 valence electrons. The Hall–Kier alpha value is -3.17. The average molecular weight is 421 g/mol. The lowest BCUT2D eigenvalue weighted by Crippen LogP contribution is -2.24. The molecule has 0 aliphatic rings. The van der Waals surface area contributed by atoms with Gasteiger partial charge in [0.1, 0.15) is 5.75 Å². The van der Waals surface area contributed by atoms with Crippen LogP contribution in [0.1, 0.15) is 30.3 Å². The van der Waals surface area contributed by atoms with Crippen molar-refractivity contribution in [1.82, 2.24) is 25.1 Å². The average Bonchev–Trinajstić information content (AvgIpc) is 3.06. The molecule has 0 aliphatic carbocycles. The van der Waals surface area contributed by atoms with Crippen molar-refractivity contribution in [3.05, 3.63) is 47.7 Å². The standard InChI is InChI=1S/C20H22F3N5O2/c1-3-24-19(29)9-17-15-12-28(27-16(15)4-6-25-17)11-14-8-13(2)18(10-26-14)30-7-5-20(21,22)23/h4,6,8,10,12H,3,5,7,9,11H2,1-2H3,(H,24,29). The number of nitrogens with one attached hydrogen (secondary N) is 1. The van der Waals surface area contributed by atoms with Gasteiger partial charge in [-0.15, -0.1) is 0 Å². The number of amides is 1. The van der Waals surface area contributed by atoms with Gasteiger partial charge in [0.2, 0.25) is 5.91 Å². The summed E-state index contributed by atoms with van der Waals surface area (Å²) in [5.41, 5.74) is 2.73. The van der Waals surface area contributed by atoms with E-state index in [1.54, 1.807) is 29.9 Å². The third-order valence-corrected chi connectivity index (χ3v) is 4.35. The Morgan fingerprint density at radius 1 is 1.30 bits per heavy atom. The van der Waals surface area contributed by atoms with Crippen molar-refractivity contribution >= 4 is 16.8 Å². The van der Waals surface area contributed by atoms with Crippen LogP contribution in [0.15, 0.2) is 30.7 Å². The van der Waals surface area contributed by atoms with Crippen molar-refractivity contribution in [3.8, 4) is 5.75 Å². The van der Waals surface area contributed by atoms with E-state index in [1.807, 2.05) is 13.1 Å². The summed E-state index contributed by atoms with van der Waals surface area (Å²) in [6.07, 6.45) is -0.259. The number of carbonyl (C=O) groups is 1. The second kappa shape index (κ2) is 9.10. The number of halogens is 3. The summed E-state index contributed by atoms with van der Waals surface area (Å²) in [4.78, 5) is 20.5. The molecule has 7 nitrogen and oxygen atoms in total. The maximum atomic E-state index is 12.3. The molecule has 3 heterocycles. The predicted octanol–water partition coefficient (Wildman–Crippen LogP) is 3.19. The van der Waals surface area contributed by atoms with Gasteiger partial charge in [0.15, 0.2) is 0 Å². The number of carbonyl (C=O) groups excluding carboxylic acids is 1. The van der Waals surface area contributed by atoms with Gasteiger partial charge in [-0.2, -0.15) is 18.3 Å². The first kappa shape index (κ1) is 21.5. The molecule has 0 saturated heterocycles. The molecular weight excluding hydrogens is 399 g/mol. The first-order valence-electron chi connectivity index (χ1n) is 9.48. The molecule has 10 heteroatoms. The number of pyridine rings is 2. The van der Waals surface area contributed by atoms with Crippen LogP contribution < -0.4 is 10.1 Å². The number of aryl methyl sites for hydroxylation is 1. The fourth-order valence-electron chi connectivity index (χ4n) is 2.96. The molecule has 0 fully saturated rings. The van der Waals surface area contributed by atoms with Crippen LogP contribution in [0.3, 0.4) is 0 Å². The maximum absolute atomic E-state index is 12.3. The van der Waals surface area contributed by atoms with Crippen LogP contribution in [0.5, 0.6) is 5.75 Å². The molecule has 3 aromatic rings. The van der Waals surface area contributed by atoms with Crippen LogP contribution in [0.25, 0.3) is 10.9 Å². The van der Waals surface area contributed by atoms with Gasteiger partial charge >= 0.3 is 6.18 Å². The van der Waals surface area contributed by atoms with Crippen molar-refractivity contribution in [2.75, 3.05) is 13.2 Å². The van der Waals surface area contributed by atoms with E-state index in [-0.39, 0.29) is 12.3 Å². The van der Waals surface area contributed by atoms with Gasteiger partial charge in [0.05, 0.1) is 49.1 Å². The van der Waals surface area contributed by atoms with E-state index >= 15 is 0 Å². The van der Waals surface area contributed by atoms with Crippen molar-refractivity contribution in [1.29, 1.82) is 0 Å². The highest BCUT2D eigenvalue weighted by Crippen LogP contribution is 2.23. The monoisotopic (exact) mass is 421 g/mol. The van der Waals surface area contributed by atoms with Gasteiger partial charge in [-0.25, -0.2) is 0 Å². The predicted molar refractivity (Wildman–Crippen MR) is 104 cm³/mol. The van der Waals surface area contributed by atoms with E-state index < -0.39 is 19.2 Å². The van der Waals surface area contributed by atoms with E-state index in [1.165, 1.54) is 6.20 Å². The molecule has 3 rings (SSSR count). The maximum Gasteiger partial charge on any atom is 0.392 e. The number of alkyl halides is 3. The molecule has 0 bridgehead atoms. The number of ether oxygens (including phenoxy) is 1. The third-order valence-electron chi connectivity index (χ3n) is 4.35. The molecule has 1 amide bonds. The summed E-state index contributed by atoms with van der Waals surface area (Å²) in [5.74, 6) is 0.214. The quantitative estimate of drug-likeness (QED) is 0.604. The highest BCUT2D eigenvalue weighted by molar-refractivity contribution is 5.86. The van der Waals surface area contributed by atoms with Crippen molar-refractivity contribution in [2.45, 2.75) is 39.4 Å². The molecule has 30 heavy (non-hydrogen) atoms. The van der Waals surface area contributed by atoms with Crippen LogP contribution in [-0.2, 0) is 17.8 Å². The Bertz CT molecular complexity index is 1030. The Morgan fingerprint density at radius 3 is 2.80 bits per heavy atom. The molecule has 0 unspecified atom stereocenters. The minimum Gasteiger partial charge on any atom is -0.491 e. The van der Waals surface area contributed by atoms with Gasteiger partial charge in [-0.05, 0) is 31.5 Å². The molecule has 3 aromatic heterocycles. The Morgan fingerprint density at radius 2 is 2.10 bits per heavy atom. The van der Waals surface area contributed by atoms with Crippen molar-refractivity contribution in [2.24, 2.45) is 0 Å². The number of hydrogen-bond donors (Lipinski definition) is 1. The number of fused-ring (bicyclic) bond motifs is 1. The second-order valence-electron chi connectivity index (χ2n) is 6.80. The first-order valence-corrected chi connectivity index (χ1v) is 9.48. The van der Waals surface area contributed by atoms with Crippen LogP contribution in [0.4, 0.5) is 13.2 Å². The zero-order chi connectivity index (χ0) is 21.7. The van der Waals surface area contributed by atoms with E-state index in [0.717, 1.165) is 5.39 Å². The largest absolute Gasteiger partial charge is 0.491 e. The van der Waals surface area contributed by atoms with Crippen LogP contribution >= 0.6 is 0 Å². The number of rotatable bonds is 8. The minimum atomic E-state index is -4.26. The summed E-state index contributed by atoms with van der Waals surface area (Å²) in [7, 11) is 0. The van der Waals surface area contributed by atoms with E-state index in [0.29, 0.717) is 41.3 Å². The highest BCUT2D eigenvalue weighted by atomic mass is 19.4. The molecular formula is C20H22F3N5O2. The zero-order valence-electron chi connectivity index (χ0n) is 16.7. The topological polar surface area (TPSA) is 81.9 Å². The van der Waals surface area contributed by atoms with Gasteiger partial charge in [-0.3, -0.25) is 19.4 Å². The summed E-state index contributed by atoms with van der Waals surface area (Å²) in [6.45, 7) is 4.07. The smallest absolute Gasteiger partial charge is 0.392 e. The molecule has 0 saturated carbocycles. The molecule has 0 aliphatic heterocycles. The van der Waals surface area contributed by atoms with Crippen molar-refractivity contribution < 1.29 is 22.7 Å². The van der Waals surface area contributed by atoms with Gasteiger partial charge in [-0.1, -0.05) is 0 Å². The minimum absolute atomic E-state index is 0.108.